The van der Waals surface area contributed by atoms with Crippen LogP contribution in [0.15, 0.2) is 58.8 Å². The van der Waals surface area contributed by atoms with Gasteiger partial charge >= 0.3 is 5.97 Å². The predicted octanol–water partition coefficient (Wildman–Crippen LogP) is 4.89. The fourth-order valence-corrected chi connectivity index (χ4v) is 8.26. The third-order valence-electron chi connectivity index (χ3n) is 3.52. The van der Waals surface area contributed by atoms with Crippen LogP contribution in [0.1, 0.15) is 12.8 Å². The lowest BCUT2D eigenvalue weighted by atomic mass is 10.5. The molecule has 0 aromatic carbocycles. The Morgan fingerprint density at radius 3 is 2.10 bits per heavy atom. The second-order valence-corrected chi connectivity index (χ2v) is 13.4. The molecule has 1 unspecified atom stereocenters. The Hall–Kier alpha value is -0.680. The molecule has 7 nitrogen and oxygen atoms in total. The number of nitrogens with zero attached hydrogens (tertiary/aromatic N) is 2. The average Bonchev–Trinajstić information content (AvgIpc) is 2.74. The number of aromatic nitrogens is 2. The first-order valence-electron chi connectivity index (χ1n) is 9.29. The van der Waals surface area contributed by atoms with Gasteiger partial charge in [-0.15, -0.1) is 0 Å². The molecule has 0 saturated heterocycles. The van der Waals surface area contributed by atoms with E-state index in [2.05, 4.69) is 20.1 Å². The number of carboxylic acids is 1. The summed E-state index contributed by atoms with van der Waals surface area (Å²) < 4.78 is 13.2. The highest BCUT2D eigenvalue weighted by molar-refractivity contribution is 8.77. The summed E-state index contributed by atoms with van der Waals surface area (Å²) in [6.07, 6.45) is 4.69. The number of hydrogen-bond acceptors (Lipinski definition) is 8. The maximum Gasteiger partial charge on any atom is 0.304 e. The minimum Gasteiger partial charge on any atom is -0.481 e. The fourth-order valence-electron chi connectivity index (χ4n) is 2.17. The van der Waals surface area contributed by atoms with Crippen LogP contribution in [-0.2, 0) is 9.36 Å². The van der Waals surface area contributed by atoms with E-state index in [-0.39, 0.29) is 13.0 Å². The molecule has 2 aromatic rings. The van der Waals surface area contributed by atoms with Crippen LogP contribution >= 0.6 is 50.6 Å². The zero-order valence-corrected chi connectivity index (χ0v) is 20.5. The van der Waals surface area contributed by atoms with Crippen LogP contribution in [0.5, 0.6) is 0 Å². The van der Waals surface area contributed by atoms with Gasteiger partial charge in [0.1, 0.15) is 10.1 Å². The molecule has 3 N–H and O–H groups in total. The summed E-state index contributed by atoms with van der Waals surface area (Å²) >= 11 is 0. The molecule has 0 aliphatic heterocycles. The van der Waals surface area contributed by atoms with Crippen molar-refractivity contribution >= 4 is 56.6 Å². The van der Waals surface area contributed by atoms with Crippen LogP contribution < -0.4 is 10.2 Å². The number of rotatable bonds is 16. The molecule has 1 atom stereocenters. The summed E-state index contributed by atoms with van der Waals surface area (Å²) in [5.41, 5.74) is 0. The standard InChI is InChI=1S/C18H25N4O3PS4/c23-18(24)8-11-21-26(25,13-5-14-27-29-16-6-1-3-9-19-16)22-12-15-28-30-17-7-2-4-10-20-17/h1-4,6-7,9-10H,5,8,11-15H2,(H,23,24)(H2,21,22,25). The van der Waals surface area contributed by atoms with Crippen molar-refractivity contribution in [2.75, 3.05) is 30.8 Å². The van der Waals surface area contributed by atoms with Crippen LogP contribution in [0.2, 0.25) is 0 Å². The molecule has 164 valence electrons. The Labute approximate surface area is 193 Å². The smallest absolute Gasteiger partial charge is 0.304 e. The Morgan fingerprint density at radius 1 is 0.933 bits per heavy atom. The molecule has 2 heterocycles. The van der Waals surface area contributed by atoms with E-state index < -0.39 is 13.4 Å². The first-order valence-corrected chi connectivity index (χ1v) is 15.8. The lowest BCUT2D eigenvalue weighted by Crippen LogP contribution is -2.28. The molecule has 0 spiro atoms. The summed E-state index contributed by atoms with van der Waals surface area (Å²) in [5, 5.41) is 16.8. The molecule has 0 aliphatic carbocycles. The monoisotopic (exact) mass is 504 g/mol. The second kappa shape index (κ2) is 15.2. The van der Waals surface area contributed by atoms with E-state index in [4.69, 9.17) is 5.11 Å². The molecular weight excluding hydrogens is 479 g/mol. The Bertz CT molecular complexity index is 736. The van der Waals surface area contributed by atoms with Gasteiger partial charge in [-0.1, -0.05) is 33.7 Å². The van der Waals surface area contributed by atoms with Crippen molar-refractivity contribution < 1.29 is 14.5 Å². The van der Waals surface area contributed by atoms with Gasteiger partial charge in [-0.3, -0.25) is 19.5 Å². The first kappa shape index (κ1) is 25.6. The second-order valence-electron chi connectivity index (χ2n) is 5.92. The van der Waals surface area contributed by atoms with E-state index in [9.17, 15) is 9.36 Å². The van der Waals surface area contributed by atoms with Gasteiger partial charge in [0.2, 0.25) is 7.44 Å². The number of carboxylic acid groups (broad SMARTS) is 1. The van der Waals surface area contributed by atoms with Gasteiger partial charge in [-0.2, -0.15) is 0 Å². The number of aliphatic carboxylic acids is 1. The largest absolute Gasteiger partial charge is 0.481 e. The van der Waals surface area contributed by atoms with E-state index in [1.807, 2.05) is 36.4 Å². The molecule has 12 heteroatoms. The van der Waals surface area contributed by atoms with Crippen molar-refractivity contribution in [3.8, 4) is 0 Å². The molecule has 2 aromatic heterocycles. The Morgan fingerprint density at radius 2 is 1.53 bits per heavy atom. The summed E-state index contributed by atoms with van der Waals surface area (Å²) in [7, 11) is 3.66. The lowest BCUT2D eigenvalue weighted by molar-refractivity contribution is -0.136. The van der Waals surface area contributed by atoms with Crippen molar-refractivity contribution in [3.05, 3.63) is 48.8 Å². The highest BCUT2D eigenvalue weighted by atomic mass is 33.1. The van der Waals surface area contributed by atoms with Gasteiger partial charge in [0.15, 0.2) is 0 Å². The van der Waals surface area contributed by atoms with Crippen LogP contribution in [-0.4, -0.2) is 51.8 Å². The molecule has 0 aliphatic rings. The SMILES string of the molecule is O=C(O)CCNP(=O)(CCCSSc1ccccn1)NCCSSc1ccccn1. The molecule has 0 radical (unpaired) electrons. The molecule has 0 fully saturated rings. The Kier molecular flexibility index (Phi) is 12.9. The topological polar surface area (TPSA) is 104 Å². The number of carbonyl (C=O) groups is 1. The van der Waals surface area contributed by atoms with Gasteiger partial charge in [0.25, 0.3) is 0 Å². The van der Waals surface area contributed by atoms with E-state index in [1.54, 1.807) is 55.6 Å². The maximum absolute atomic E-state index is 13.2. The molecule has 2 rings (SSSR count). The third-order valence-corrected chi connectivity index (χ3v) is 10.6. The summed E-state index contributed by atoms with van der Waals surface area (Å²) in [4.78, 5) is 19.3. The van der Waals surface area contributed by atoms with E-state index >= 15 is 0 Å². The van der Waals surface area contributed by atoms with Crippen molar-refractivity contribution in [2.45, 2.75) is 22.9 Å². The minimum atomic E-state index is -2.84. The van der Waals surface area contributed by atoms with Gasteiger partial charge in [-0.25, -0.2) is 9.97 Å². The van der Waals surface area contributed by atoms with Crippen molar-refractivity contribution in [1.82, 2.24) is 20.1 Å². The van der Waals surface area contributed by atoms with E-state index in [0.717, 1.165) is 28.0 Å². The van der Waals surface area contributed by atoms with Gasteiger partial charge in [-0.05, 0) is 52.3 Å². The van der Waals surface area contributed by atoms with Crippen molar-refractivity contribution in [2.24, 2.45) is 0 Å². The molecule has 0 bridgehead atoms. The van der Waals surface area contributed by atoms with Crippen LogP contribution in [0.3, 0.4) is 0 Å². The lowest BCUT2D eigenvalue weighted by Gasteiger charge is -2.20. The third kappa shape index (κ3) is 11.6. The average molecular weight is 505 g/mol. The van der Waals surface area contributed by atoms with Gasteiger partial charge < -0.3 is 5.11 Å². The molecule has 0 saturated carbocycles. The zero-order valence-electron chi connectivity index (χ0n) is 16.3. The van der Waals surface area contributed by atoms with E-state index in [1.165, 1.54) is 0 Å². The summed E-state index contributed by atoms with van der Waals surface area (Å²) in [5.74, 6) is 0.687. The number of pyridine rings is 2. The molecule has 0 amide bonds. The van der Waals surface area contributed by atoms with Gasteiger partial charge in [0, 0.05) is 43.2 Å². The maximum atomic E-state index is 13.2. The van der Waals surface area contributed by atoms with Crippen LogP contribution in [0, 0.1) is 0 Å². The van der Waals surface area contributed by atoms with Crippen molar-refractivity contribution in [3.63, 3.8) is 0 Å². The summed E-state index contributed by atoms with van der Waals surface area (Å²) in [6.45, 7) is 0.753. The number of hydrogen-bond donors (Lipinski definition) is 3. The van der Waals surface area contributed by atoms with E-state index in [0.29, 0.717) is 12.7 Å². The predicted molar refractivity (Wildman–Crippen MR) is 130 cm³/mol. The van der Waals surface area contributed by atoms with Crippen LogP contribution in [0.25, 0.3) is 0 Å². The molecular formula is C18H25N4O3PS4. The quantitative estimate of drug-likeness (QED) is 0.165. The minimum absolute atomic E-state index is 0.0553. The number of nitrogens with one attached hydrogen (secondary N) is 2. The highest BCUT2D eigenvalue weighted by Crippen LogP contribution is 2.38. The van der Waals surface area contributed by atoms with Crippen molar-refractivity contribution in [1.29, 1.82) is 0 Å². The first-order chi connectivity index (χ1) is 14.6. The Balaban J connectivity index is 1.69. The van der Waals surface area contributed by atoms with Crippen LogP contribution in [0.4, 0.5) is 0 Å². The fraction of sp³-hybridized carbons (Fsp3) is 0.389. The normalized spacial score (nSPS) is 13.1. The van der Waals surface area contributed by atoms with Gasteiger partial charge in [0.05, 0.1) is 6.42 Å². The summed E-state index contributed by atoms with van der Waals surface area (Å²) in [6, 6.07) is 11.6. The molecule has 30 heavy (non-hydrogen) atoms. The zero-order chi connectivity index (χ0) is 21.5. The highest BCUT2D eigenvalue weighted by Gasteiger charge is 2.20.